The molecule has 100 valence electrons. The molecular formula is C14H20O4. The van der Waals surface area contributed by atoms with Gasteiger partial charge in [0.25, 0.3) is 0 Å². The van der Waals surface area contributed by atoms with E-state index in [1.165, 1.54) is 0 Å². The minimum absolute atomic E-state index is 0.186. The second kappa shape index (κ2) is 6.07. The maximum atomic E-state index is 9.52. The lowest BCUT2D eigenvalue weighted by atomic mass is 10.1. The summed E-state index contributed by atoms with van der Waals surface area (Å²) < 4.78 is 16.5. The molecular weight excluding hydrogens is 232 g/mol. The largest absolute Gasteiger partial charge is 0.493 e. The van der Waals surface area contributed by atoms with Crippen molar-refractivity contribution in [2.24, 2.45) is 0 Å². The third-order valence-corrected chi connectivity index (χ3v) is 3.12. The van der Waals surface area contributed by atoms with E-state index in [9.17, 15) is 5.11 Å². The standard InChI is InChI=1S/C14H20O4/c1-10(15)11-5-6-13(14(8-11)16-2)18-9-12-4-3-7-17-12/h5-6,8,10,12,15H,3-4,7,9H2,1-2H3/t10-,12?/m1/s1. The monoisotopic (exact) mass is 252 g/mol. The highest BCUT2D eigenvalue weighted by atomic mass is 16.5. The molecule has 1 aliphatic rings. The average Bonchev–Trinajstić information content (AvgIpc) is 2.89. The highest BCUT2D eigenvalue weighted by Crippen LogP contribution is 2.30. The Morgan fingerprint density at radius 1 is 1.44 bits per heavy atom. The molecule has 18 heavy (non-hydrogen) atoms. The molecule has 1 aliphatic heterocycles. The van der Waals surface area contributed by atoms with Crippen molar-refractivity contribution in [3.63, 3.8) is 0 Å². The molecule has 0 aromatic heterocycles. The minimum atomic E-state index is -0.508. The molecule has 0 spiro atoms. The first-order valence-electron chi connectivity index (χ1n) is 6.31. The molecule has 1 unspecified atom stereocenters. The number of aliphatic hydroxyl groups is 1. The van der Waals surface area contributed by atoms with Crippen molar-refractivity contribution in [1.29, 1.82) is 0 Å². The minimum Gasteiger partial charge on any atom is -0.493 e. The van der Waals surface area contributed by atoms with Crippen LogP contribution in [0, 0.1) is 0 Å². The first-order valence-corrected chi connectivity index (χ1v) is 6.31. The summed E-state index contributed by atoms with van der Waals surface area (Å²) in [5.74, 6) is 1.34. The van der Waals surface area contributed by atoms with E-state index in [0.29, 0.717) is 18.1 Å². The molecule has 4 nitrogen and oxygen atoms in total. The van der Waals surface area contributed by atoms with Gasteiger partial charge in [-0.05, 0) is 37.5 Å². The second-order valence-electron chi connectivity index (χ2n) is 4.53. The van der Waals surface area contributed by atoms with Crippen molar-refractivity contribution in [2.45, 2.75) is 32.0 Å². The topological polar surface area (TPSA) is 47.9 Å². The number of benzene rings is 1. The Kier molecular flexibility index (Phi) is 4.44. The third-order valence-electron chi connectivity index (χ3n) is 3.12. The Labute approximate surface area is 107 Å². The van der Waals surface area contributed by atoms with E-state index >= 15 is 0 Å². The lowest BCUT2D eigenvalue weighted by Crippen LogP contribution is -2.16. The Morgan fingerprint density at radius 2 is 2.28 bits per heavy atom. The number of rotatable bonds is 5. The number of hydrogen-bond donors (Lipinski definition) is 1. The molecule has 2 atom stereocenters. The fourth-order valence-electron chi connectivity index (χ4n) is 2.02. The van der Waals surface area contributed by atoms with Crippen LogP contribution >= 0.6 is 0 Å². The quantitative estimate of drug-likeness (QED) is 0.873. The molecule has 1 aromatic carbocycles. The van der Waals surface area contributed by atoms with Crippen LogP contribution in [0.25, 0.3) is 0 Å². The van der Waals surface area contributed by atoms with Gasteiger partial charge in [-0.1, -0.05) is 6.07 Å². The van der Waals surface area contributed by atoms with Crippen LogP contribution in [-0.4, -0.2) is 31.5 Å². The van der Waals surface area contributed by atoms with Gasteiger partial charge in [0, 0.05) is 6.61 Å². The SMILES string of the molecule is COc1cc([C@@H](C)O)ccc1OCC1CCCO1. The summed E-state index contributed by atoms with van der Waals surface area (Å²) in [6, 6.07) is 5.48. The van der Waals surface area contributed by atoms with Crippen LogP contribution in [0.5, 0.6) is 11.5 Å². The van der Waals surface area contributed by atoms with Gasteiger partial charge < -0.3 is 19.3 Å². The zero-order valence-electron chi connectivity index (χ0n) is 10.9. The molecule has 0 bridgehead atoms. The van der Waals surface area contributed by atoms with Crippen LogP contribution in [0.1, 0.15) is 31.4 Å². The van der Waals surface area contributed by atoms with Crippen LogP contribution in [0.15, 0.2) is 18.2 Å². The van der Waals surface area contributed by atoms with Gasteiger partial charge in [-0.15, -0.1) is 0 Å². The molecule has 1 heterocycles. The lowest BCUT2D eigenvalue weighted by molar-refractivity contribution is 0.0669. The van der Waals surface area contributed by atoms with Gasteiger partial charge in [0.05, 0.1) is 19.3 Å². The number of ether oxygens (including phenoxy) is 3. The summed E-state index contributed by atoms with van der Waals surface area (Å²) in [5.41, 5.74) is 0.816. The molecule has 0 radical (unpaired) electrons. The first-order chi connectivity index (χ1) is 8.70. The summed E-state index contributed by atoms with van der Waals surface area (Å²) in [7, 11) is 1.60. The van der Waals surface area contributed by atoms with Crippen LogP contribution in [-0.2, 0) is 4.74 Å². The fraction of sp³-hybridized carbons (Fsp3) is 0.571. The van der Waals surface area contributed by atoms with Crippen LogP contribution in [0.2, 0.25) is 0 Å². The van der Waals surface area contributed by atoms with Crippen LogP contribution < -0.4 is 9.47 Å². The Morgan fingerprint density at radius 3 is 2.89 bits per heavy atom. The maximum absolute atomic E-state index is 9.52. The molecule has 1 N–H and O–H groups in total. The maximum Gasteiger partial charge on any atom is 0.161 e. The van der Waals surface area contributed by atoms with E-state index < -0.39 is 6.10 Å². The van der Waals surface area contributed by atoms with Gasteiger partial charge in [0.2, 0.25) is 0 Å². The Bertz CT molecular complexity index is 383. The summed E-state index contributed by atoms with van der Waals surface area (Å²) >= 11 is 0. The Hall–Kier alpha value is -1.26. The average molecular weight is 252 g/mol. The molecule has 0 saturated carbocycles. The predicted octanol–water partition coefficient (Wildman–Crippen LogP) is 2.31. The summed E-state index contributed by atoms with van der Waals surface area (Å²) in [6.07, 6.45) is 1.83. The van der Waals surface area contributed by atoms with Crippen LogP contribution in [0.4, 0.5) is 0 Å². The summed E-state index contributed by atoms with van der Waals surface area (Å²) in [6.45, 7) is 3.10. The molecule has 4 heteroatoms. The van der Waals surface area contributed by atoms with Crippen molar-refractivity contribution >= 4 is 0 Å². The van der Waals surface area contributed by atoms with Crippen LogP contribution in [0.3, 0.4) is 0 Å². The number of methoxy groups -OCH3 is 1. The van der Waals surface area contributed by atoms with E-state index in [2.05, 4.69) is 0 Å². The van der Waals surface area contributed by atoms with Gasteiger partial charge in [-0.2, -0.15) is 0 Å². The van der Waals surface area contributed by atoms with E-state index in [1.807, 2.05) is 12.1 Å². The zero-order valence-corrected chi connectivity index (χ0v) is 10.9. The highest BCUT2D eigenvalue weighted by Gasteiger charge is 2.17. The first kappa shape index (κ1) is 13.2. The summed E-state index contributed by atoms with van der Waals surface area (Å²) in [4.78, 5) is 0. The normalized spacial score (nSPS) is 20.7. The van der Waals surface area contributed by atoms with Gasteiger partial charge in [-0.25, -0.2) is 0 Å². The molecule has 0 amide bonds. The van der Waals surface area contributed by atoms with Crippen molar-refractivity contribution in [2.75, 3.05) is 20.3 Å². The van der Waals surface area contributed by atoms with Gasteiger partial charge in [0.1, 0.15) is 6.61 Å². The molecule has 2 rings (SSSR count). The highest BCUT2D eigenvalue weighted by molar-refractivity contribution is 5.43. The van der Waals surface area contributed by atoms with E-state index in [0.717, 1.165) is 25.0 Å². The van der Waals surface area contributed by atoms with E-state index in [-0.39, 0.29) is 6.10 Å². The molecule has 0 aliphatic carbocycles. The molecule has 1 aromatic rings. The molecule has 1 fully saturated rings. The number of hydrogen-bond acceptors (Lipinski definition) is 4. The molecule has 1 saturated heterocycles. The number of aliphatic hydroxyl groups excluding tert-OH is 1. The fourth-order valence-corrected chi connectivity index (χ4v) is 2.02. The van der Waals surface area contributed by atoms with Gasteiger partial charge in [0.15, 0.2) is 11.5 Å². The van der Waals surface area contributed by atoms with Gasteiger partial charge in [-0.3, -0.25) is 0 Å². The van der Waals surface area contributed by atoms with Gasteiger partial charge >= 0.3 is 0 Å². The third kappa shape index (κ3) is 3.15. The lowest BCUT2D eigenvalue weighted by Gasteiger charge is -2.15. The van der Waals surface area contributed by atoms with Crippen molar-refractivity contribution in [1.82, 2.24) is 0 Å². The van der Waals surface area contributed by atoms with Crippen molar-refractivity contribution < 1.29 is 19.3 Å². The predicted molar refractivity (Wildman–Crippen MR) is 68.1 cm³/mol. The second-order valence-corrected chi connectivity index (χ2v) is 4.53. The van der Waals surface area contributed by atoms with Crippen molar-refractivity contribution in [3.05, 3.63) is 23.8 Å². The van der Waals surface area contributed by atoms with E-state index in [4.69, 9.17) is 14.2 Å². The zero-order chi connectivity index (χ0) is 13.0. The van der Waals surface area contributed by atoms with E-state index in [1.54, 1.807) is 20.1 Å². The summed E-state index contributed by atoms with van der Waals surface area (Å²) in [5, 5.41) is 9.52. The Balaban J connectivity index is 2.02. The van der Waals surface area contributed by atoms with Crippen molar-refractivity contribution in [3.8, 4) is 11.5 Å². The smallest absolute Gasteiger partial charge is 0.161 e.